The molecule has 0 saturated carbocycles. The number of nitrogens with zero attached hydrogens (tertiary/aromatic N) is 1. The fourth-order valence-electron chi connectivity index (χ4n) is 3.14. The molecule has 23 heavy (non-hydrogen) atoms. The number of H-pyrrole nitrogens is 1. The van der Waals surface area contributed by atoms with Crippen molar-refractivity contribution >= 4 is 17.7 Å². The van der Waals surface area contributed by atoms with Crippen molar-refractivity contribution in [2.45, 2.75) is 18.4 Å². The molecule has 1 aliphatic heterocycles. The van der Waals surface area contributed by atoms with E-state index in [2.05, 4.69) is 4.98 Å². The highest BCUT2D eigenvalue weighted by atomic mass is 16.5. The minimum absolute atomic E-state index is 0.202. The van der Waals surface area contributed by atoms with Crippen LogP contribution in [0.15, 0.2) is 30.5 Å². The van der Waals surface area contributed by atoms with E-state index in [-0.39, 0.29) is 12.2 Å². The topological polar surface area (TPSA) is 90.4 Å². The molecule has 7 heteroatoms. The van der Waals surface area contributed by atoms with Crippen molar-refractivity contribution in [1.82, 2.24) is 9.55 Å². The van der Waals surface area contributed by atoms with Crippen LogP contribution in [0.3, 0.4) is 0 Å². The first-order valence-electron chi connectivity index (χ1n) is 7.11. The van der Waals surface area contributed by atoms with Crippen LogP contribution in [-0.4, -0.2) is 41.5 Å². The zero-order valence-electron chi connectivity index (χ0n) is 12.8. The number of hydrogen-bond acceptors (Lipinski definition) is 5. The Labute approximate surface area is 132 Å². The second-order valence-electron chi connectivity index (χ2n) is 5.31. The van der Waals surface area contributed by atoms with Crippen molar-refractivity contribution in [3.63, 3.8) is 0 Å². The van der Waals surface area contributed by atoms with E-state index in [1.54, 1.807) is 35.0 Å². The number of methoxy groups -OCH3 is 2. The lowest BCUT2D eigenvalue weighted by Gasteiger charge is -2.22. The van der Waals surface area contributed by atoms with Crippen LogP contribution in [0.1, 0.15) is 28.3 Å². The molecule has 2 aromatic rings. The van der Waals surface area contributed by atoms with Crippen molar-refractivity contribution in [2.24, 2.45) is 0 Å². The van der Waals surface area contributed by atoms with Gasteiger partial charge in [0.15, 0.2) is 0 Å². The number of nitrogens with one attached hydrogen (secondary N) is 1. The van der Waals surface area contributed by atoms with Crippen LogP contribution in [0, 0.1) is 0 Å². The third-order valence-electron chi connectivity index (χ3n) is 4.27. The highest BCUT2D eigenvalue weighted by Gasteiger charge is 2.55. The zero-order chi connectivity index (χ0) is 16.6. The molecule has 0 aliphatic carbocycles. The number of ketones is 1. The van der Waals surface area contributed by atoms with Crippen molar-refractivity contribution in [3.05, 3.63) is 47.5 Å². The number of esters is 2. The SMILES string of the molecule is COC(=O)C1(C(=O)OC)CCn2c(C(=O)c3ccc[nH]3)ccc21. The fraction of sp³-hybridized carbons (Fsp3) is 0.312. The summed E-state index contributed by atoms with van der Waals surface area (Å²) in [6.07, 6.45) is 1.86. The largest absolute Gasteiger partial charge is 0.468 e. The first-order chi connectivity index (χ1) is 11.1. The van der Waals surface area contributed by atoms with E-state index >= 15 is 0 Å². The molecule has 0 radical (unpaired) electrons. The molecule has 0 atom stereocenters. The Morgan fingerprint density at radius 2 is 1.83 bits per heavy atom. The second kappa shape index (κ2) is 5.42. The molecule has 0 amide bonds. The maximum absolute atomic E-state index is 12.5. The first kappa shape index (κ1) is 15.1. The third kappa shape index (κ3) is 2.00. The Morgan fingerprint density at radius 3 is 2.39 bits per heavy atom. The molecular formula is C16H16N2O5. The summed E-state index contributed by atoms with van der Waals surface area (Å²) >= 11 is 0. The van der Waals surface area contributed by atoms with E-state index in [1.165, 1.54) is 14.2 Å². The lowest BCUT2D eigenvalue weighted by atomic mass is 9.83. The summed E-state index contributed by atoms with van der Waals surface area (Å²) in [5.74, 6) is -1.56. The summed E-state index contributed by atoms with van der Waals surface area (Å²) in [5, 5.41) is 0. The minimum Gasteiger partial charge on any atom is -0.468 e. The Kier molecular flexibility index (Phi) is 3.55. The second-order valence-corrected chi connectivity index (χ2v) is 5.31. The highest BCUT2D eigenvalue weighted by Crippen LogP contribution is 2.39. The Bertz CT molecular complexity index is 757. The van der Waals surface area contributed by atoms with Crippen molar-refractivity contribution < 1.29 is 23.9 Å². The maximum Gasteiger partial charge on any atom is 0.329 e. The van der Waals surface area contributed by atoms with Gasteiger partial charge in [-0.05, 0) is 30.7 Å². The molecule has 2 aromatic heterocycles. The van der Waals surface area contributed by atoms with Crippen LogP contribution < -0.4 is 0 Å². The van der Waals surface area contributed by atoms with Crippen molar-refractivity contribution in [3.8, 4) is 0 Å². The average molecular weight is 316 g/mol. The van der Waals surface area contributed by atoms with E-state index < -0.39 is 17.4 Å². The predicted octanol–water partition coefficient (Wildman–Crippen LogP) is 1.03. The van der Waals surface area contributed by atoms with Gasteiger partial charge in [-0.15, -0.1) is 0 Å². The number of ether oxygens (including phenoxy) is 2. The Balaban J connectivity index is 2.09. The standard InChI is InChI=1S/C16H16N2O5/c1-22-14(20)16(15(21)23-2)7-9-18-11(5-6-12(16)18)13(19)10-4-3-8-17-10/h3-6,8,17H,7,9H2,1-2H3. The summed E-state index contributed by atoms with van der Waals surface area (Å²) in [4.78, 5) is 40.0. The number of rotatable bonds is 4. The number of carbonyl (C=O) groups is 3. The van der Waals surface area contributed by atoms with Gasteiger partial charge in [0.05, 0.1) is 25.6 Å². The summed E-state index contributed by atoms with van der Waals surface area (Å²) in [6, 6.07) is 6.62. The molecule has 0 bridgehead atoms. The van der Waals surface area contributed by atoms with Crippen molar-refractivity contribution in [1.29, 1.82) is 0 Å². The molecule has 0 fully saturated rings. The van der Waals surface area contributed by atoms with E-state index in [0.717, 1.165) is 0 Å². The van der Waals surface area contributed by atoms with Crippen LogP contribution in [0.2, 0.25) is 0 Å². The molecule has 0 unspecified atom stereocenters. The van der Waals surface area contributed by atoms with Crippen LogP contribution in [0.5, 0.6) is 0 Å². The van der Waals surface area contributed by atoms with Gasteiger partial charge < -0.3 is 19.0 Å². The molecule has 1 N–H and O–H groups in total. The van der Waals surface area contributed by atoms with E-state index in [1.807, 2.05) is 0 Å². The maximum atomic E-state index is 12.5. The summed E-state index contributed by atoms with van der Waals surface area (Å²) in [6.45, 7) is 0.355. The fourth-order valence-corrected chi connectivity index (χ4v) is 3.14. The van der Waals surface area contributed by atoms with Gasteiger partial charge in [-0.1, -0.05) is 0 Å². The van der Waals surface area contributed by atoms with Crippen LogP contribution in [0.4, 0.5) is 0 Å². The molecule has 3 rings (SSSR count). The number of hydrogen-bond donors (Lipinski definition) is 1. The monoisotopic (exact) mass is 316 g/mol. The summed E-state index contributed by atoms with van der Waals surface area (Å²) in [7, 11) is 2.45. The van der Waals surface area contributed by atoms with Crippen LogP contribution in [0.25, 0.3) is 0 Å². The van der Waals surface area contributed by atoms with Crippen LogP contribution in [-0.2, 0) is 31.0 Å². The molecule has 1 aliphatic rings. The smallest absolute Gasteiger partial charge is 0.329 e. The number of carbonyl (C=O) groups excluding carboxylic acids is 3. The van der Waals surface area contributed by atoms with E-state index in [9.17, 15) is 14.4 Å². The molecule has 0 aromatic carbocycles. The number of fused-ring (bicyclic) bond motifs is 1. The van der Waals surface area contributed by atoms with Gasteiger partial charge in [0.25, 0.3) is 0 Å². The lowest BCUT2D eigenvalue weighted by molar-refractivity contribution is -0.161. The molecule has 0 spiro atoms. The summed E-state index contributed by atoms with van der Waals surface area (Å²) in [5.41, 5.74) is -0.236. The quantitative estimate of drug-likeness (QED) is 0.517. The zero-order valence-corrected chi connectivity index (χ0v) is 12.8. The van der Waals surface area contributed by atoms with Crippen LogP contribution >= 0.6 is 0 Å². The summed E-state index contributed by atoms with van der Waals surface area (Å²) < 4.78 is 11.3. The molecule has 7 nitrogen and oxygen atoms in total. The van der Waals surface area contributed by atoms with Gasteiger partial charge in [0.2, 0.25) is 11.2 Å². The number of aromatic amines is 1. The predicted molar refractivity (Wildman–Crippen MR) is 79.0 cm³/mol. The van der Waals surface area contributed by atoms with Crippen molar-refractivity contribution in [2.75, 3.05) is 14.2 Å². The Morgan fingerprint density at radius 1 is 1.13 bits per heavy atom. The Hall–Kier alpha value is -2.83. The van der Waals surface area contributed by atoms with Gasteiger partial charge in [-0.3, -0.25) is 14.4 Å². The first-order valence-corrected chi connectivity index (χ1v) is 7.11. The minimum atomic E-state index is -1.52. The van der Waals surface area contributed by atoms with E-state index in [0.29, 0.717) is 23.6 Å². The molecule has 120 valence electrons. The molecule has 0 saturated heterocycles. The van der Waals surface area contributed by atoms with Gasteiger partial charge >= 0.3 is 11.9 Å². The third-order valence-corrected chi connectivity index (χ3v) is 4.27. The number of aromatic nitrogens is 2. The van der Waals surface area contributed by atoms with Gasteiger partial charge in [0.1, 0.15) is 0 Å². The molecular weight excluding hydrogens is 300 g/mol. The van der Waals surface area contributed by atoms with Gasteiger partial charge in [0, 0.05) is 18.4 Å². The van der Waals surface area contributed by atoms with Gasteiger partial charge in [-0.25, -0.2) is 0 Å². The average Bonchev–Trinajstić information content (AvgIpc) is 3.28. The normalized spacial score (nSPS) is 15.0. The lowest BCUT2D eigenvalue weighted by Crippen LogP contribution is -2.43. The van der Waals surface area contributed by atoms with E-state index in [4.69, 9.17) is 9.47 Å². The van der Waals surface area contributed by atoms with Gasteiger partial charge in [-0.2, -0.15) is 0 Å². The highest BCUT2D eigenvalue weighted by molar-refractivity contribution is 6.09. The molecule has 3 heterocycles.